The summed E-state index contributed by atoms with van der Waals surface area (Å²) in [6.45, 7) is 4.05. The summed E-state index contributed by atoms with van der Waals surface area (Å²) in [7, 11) is 0. The summed E-state index contributed by atoms with van der Waals surface area (Å²) < 4.78 is 24.7. The molecule has 1 atom stereocenters. The van der Waals surface area contributed by atoms with Crippen molar-refractivity contribution in [1.82, 2.24) is 5.32 Å². The van der Waals surface area contributed by atoms with E-state index in [4.69, 9.17) is 0 Å². The molecule has 6 heteroatoms. The molecule has 1 aromatic rings. The van der Waals surface area contributed by atoms with E-state index >= 15 is 0 Å². The molecule has 0 spiro atoms. The zero-order valence-electron chi connectivity index (χ0n) is 10.2. The van der Waals surface area contributed by atoms with E-state index in [0.717, 1.165) is 0 Å². The number of thioether (sulfide) groups is 1. The van der Waals surface area contributed by atoms with Crippen molar-refractivity contribution in [3.05, 3.63) is 24.3 Å². The lowest BCUT2D eigenvalue weighted by Gasteiger charge is -2.17. The first-order valence-electron chi connectivity index (χ1n) is 5.62. The van der Waals surface area contributed by atoms with Crippen LogP contribution < -0.4 is 10.6 Å². The summed E-state index contributed by atoms with van der Waals surface area (Å²) in [6, 6.07) is 6.24. The second kappa shape index (κ2) is 7.20. The maximum atomic E-state index is 12.4. The number of amides is 1. The zero-order chi connectivity index (χ0) is 13.5. The Labute approximate surface area is 109 Å². The van der Waals surface area contributed by atoms with Gasteiger partial charge in [0.05, 0.1) is 0 Å². The number of para-hydroxylation sites is 1. The highest BCUT2D eigenvalue weighted by Crippen LogP contribution is 2.31. The Bertz CT molecular complexity index is 401. The molecule has 0 heterocycles. The van der Waals surface area contributed by atoms with Gasteiger partial charge in [0.15, 0.2) is 0 Å². The lowest BCUT2D eigenvalue weighted by molar-refractivity contribution is -0.121. The van der Waals surface area contributed by atoms with Crippen LogP contribution in [-0.4, -0.2) is 24.3 Å². The second-order valence-corrected chi connectivity index (χ2v) is 4.67. The van der Waals surface area contributed by atoms with Crippen molar-refractivity contribution in [3.8, 4) is 0 Å². The van der Waals surface area contributed by atoms with Crippen LogP contribution in [0.15, 0.2) is 29.2 Å². The Balaban J connectivity index is 2.74. The molecule has 0 bridgehead atoms. The van der Waals surface area contributed by atoms with Gasteiger partial charge in [-0.3, -0.25) is 4.79 Å². The van der Waals surface area contributed by atoms with E-state index in [-0.39, 0.29) is 5.91 Å². The number of halogens is 2. The molecule has 0 aliphatic heterocycles. The number of hydrogen-bond donors (Lipinski definition) is 2. The molecule has 0 aromatic heterocycles. The van der Waals surface area contributed by atoms with Crippen molar-refractivity contribution in [2.45, 2.75) is 30.5 Å². The van der Waals surface area contributed by atoms with Gasteiger partial charge < -0.3 is 10.6 Å². The van der Waals surface area contributed by atoms with Crippen LogP contribution in [0.5, 0.6) is 0 Å². The van der Waals surface area contributed by atoms with Gasteiger partial charge in [0, 0.05) is 17.1 Å². The number of carbonyl (C=O) groups excluding carboxylic acids is 1. The first-order chi connectivity index (χ1) is 8.54. The van der Waals surface area contributed by atoms with Crippen LogP contribution in [-0.2, 0) is 4.79 Å². The average Bonchev–Trinajstić information content (AvgIpc) is 2.31. The molecule has 100 valence electrons. The molecule has 3 nitrogen and oxygen atoms in total. The Morgan fingerprint density at radius 1 is 1.39 bits per heavy atom. The van der Waals surface area contributed by atoms with Crippen molar-refractivity contribution < 1.29 is 13.6 Å². The number of likely N-dealkylation sites (N-methyl/N-ethyl adjacent to an activating group) is 1. The summed E-state index contributed by atoms with van der Waals surface area (Å²) in [4.78, 5) is 12.0. The van der Waals surface area contributed by atoms with E-state index < -0.39 is 11.8 Å². The highest BCUT2D eigenvalue weighted by Gasteiger charge is 2.15. The van der Waals surface area contributed by atoms with Crippen LogP contribution in [0.1, 0.15) is 13.8 Å². The highest BCUT2D eigenvalue weighted by atomic mass is 32.2. The lowest BCUT2D eigenvalue weighted by Crippen LogP contribution is -2.37. The number of rotatable bonds is 6. The molecule has 0 aliphatic rings. The van der Waals surface area contributed by atoms with Crippen molar-refractivity contribution in [1.29, 1.82) is 0 Å². The summed E-state index contributed by atoms with van der Waals surface area (Å²) in [6.07, 6.45) is 0. The largest absolute Gasteiger partial charge is 0.373 e. The van der Waals surface area contributed by atoms with Crippen LogP contribution in [0, 0.1) is 0 Å². The highest BCUT2D eigenvalue weighted by molar-refractivity contribution is 7.99. The molecule has 0 fully saturated rings. The molecule has 1 amide bonds. The molecule has 0 radical (unpaired) electrons. The summed E-state index contributed by atoms with van der Waals surface area (Å²) in [5.74, 6) is -2.64. The number of benzene rings is 1. The van der Waals surface area contributed by atoms with E-state index in [9.17, 15) is 13.6 Å². The fourth-order valence-electron chi connectivity index (χ4n) is 1.41. The van der Waals surface area contributed by atoms with Gasteiger partial charge in [-0.25, -0.2) is 0 Å². The minimum Gasteiger partial charge on any atom is -0.373 e. The third-order valence-electron chi connectivity index (χ3n) is 2.22. The molecule has 1 rings (SSSR count). The standard InChI is InChI=1S/C12H16F2N2OS/c1-3-15-11(17)8(2)16-9-6-4-5-7-10(9)18-12(13)14/h4-8,12,16H,3H2,1-2H3,(H,15,17). The molecule has 1 unspecified atom stereocenters. The maximum absolute atomic E-state index is 12.4. The number of nitrogens with one attached hydrogen (secondary N) is 2. The van der Waals surface area contributed by atoms with Crippen LogP contribution in [0.3, 0.4) is 0 Å². The average molecular weight is 274 g/mol. The van der Waals surface area contributed by atoms with Crippen LogP contribution in [0.2, 0.25) is 0 Å². The molecule has 18 heavy (non-hydrogen) atoms. The van der Waals surface area contributed by atoms with Gasteiger partial charge in [-0.15, -0.1) is 0 Å². The van der Waals surface area contributed by atoms with E-state index in [0.29, 0.717) is 28.9 Å². The predicted molar refractivity (Wildman–Crippen MR) is 70.1 cm³/mol. The predicted octanol–water partition coefficient (Wildman–Crippen LogP) is 2.94. The Morgan fingerprint density at radius 2 is 2.06 bits per heavy atom. The number of anilines is 1. The van der Waals surface area contributed by atoms with Crippen LogP contribution in [0.4, 0.5) is 14.5 Å². The molecule has 0 saturated heterocycles. The zero-order valence-corrected chi connectivity index (χ0v) is 11.1. The first kappa shape index (κ1) is 14.8. The van der Waals surface area contributed by atoms with E-state index in [1.165, 1.54) is 0 Å². The van der Waals surface area contributed by atoms with Gasteiger partial charge in [-0.2, -0.15) is 8.78 Å². The van der Waals surface area contributed by atoms with E-state index in [1.807, 2.05) is 6.92 Å². The lowest BCUT2D eigenvalue weighted by atomic mass is 10.2. The summed E-state index contributed by atoms with van der Waals surface area (Å²) in [5.41, 5.74) is 0.543. The van der Waals surface area contributed by atoms with Crippen molar-refractivity contribution >= 4 is 23.4 Å². The van der Waals surface area contributed by atoms with Gasteiger partial charge >= 0.3 is 0 Å². The quantitative estimate of drug-likeness (QED) is 0.784. The number of carbonyl (C=O) groups is 1. The minimum atomic E-state index is -2.48. The van der Waals surface area contributed by atoms with Crippen molar-refractivity contribution in [2.75, 3.05) is 11.9 Å². The minimum absolute atomic E-state index is 0.158. The Kier molecular flexibility index (Phi) is 5.91. The van der Waals surface area contributed by atoms with Crippen LogP contribution in [0.25, 0.3) is 0 Å². The smallest absolute Gasteiger partial charge is 0.288 e. The van der Waals surface area contributed by atoms with Gasteiger partial charge in [-0.05, 0) is 26.0 Å². The topological polar surface area (TPSA) is 41.1 Å². The third-order valence-corrected chi connectivity index (χ3v) is 3.01. The fraction of sp³-hybridized carbons (Fsp3) is 0.417. The fourth-order valence-corrected chi connectivity index (χ4v) is 2.01. The molecular weight excluding hydrogens is 258 g/mol. The van der Waals surface area contributed by atoms with Gasteiger partial charge in [-0.1, -0.05) is 23.9 Å². The Hall–Kier alpha value is -1.30. The molecular formula is C12H16F2N2OS. The molecule has 2 N–H and O–H groups in total. The van der Waals surface area contributed by atoms with Crippen LogP contribution >= 0.6 is 11.8 Å². The maximum Gasteiger partial charge on any atom is 0.288 e. The Morgan fingerprint density at radius 3 is 2.67 bits per heavy atom. The summed E-state index contributed by atoms with van der Waals surface area (Å²) in [5, 5.41) is 5.60. The third kappa shape index (κ3) is 4.52. The molecule has 0 saturated carbocycles. The first-order valence-corrected chi connectivity index (χ1v) is 6.50. The van der Waals surface area contributed by atoms with Crippen molar-refractivity contribution in [3.63, 3.8) is 0 Å². The van der Waals surface area contributed by atoms with E-state index in [1.54, 1.807) is 31.2 Å². The molecule has 1 aromatic carbocycles. The monoisotopic (exact) mass is 274 g/mol. The van der Waals surface area contributed by atoms with Gasteiger partial charge in [0.1, 0.15) is 6.04 Å². The molecule has 0 aliphatic carbocycles. The summed E-state index contributed by atoms with van der Waals surface area (Å²) >= 11 is 0.465. The normalized spacial score (nSPS) is 12.3. The van der Waals surface area contributed by atoms with E-state index in [2.05, 4.69) is 10.6 Å². The van der Waals surface area contributed by atoms with Gasteiger partial charge in [0.25, 0.3) is 5.76 Å². The van der Waals surface area contributed by atoms with Gasteiger partial charge in [0.2, 0.25) is 5.91 Å². The number of alkyl halides is 2. The van der Waals surface area contributed by atoms with Crippen molar-refractivity contribution in [2.24, 2.45) is 0 Å². The SMILES string of the molecule is CCNC(=O)C(C)Nc1ccccc1SC(F)F. The second-order valence-electron chi connectivity index (χ2n) is 3.64. The number of hydrogen-bond acceptors (Lipinski definition) is 3.